The molecule has 1 aliphatic rings. The average Bonchev–Trinajstić information content (AvgIpc) is 2.99. The van der Waals surface area contributed by atoms with Gasteiger partial charge in [0.1, 0.15) is 17.3 Å². The second kappa shape index (κ2) is 9.33. The van der Waals surface area contributed by atoms with Gasteiger partial charge in [-0.2, -0.15) is 0 Å². The van der Waals surface area contributed by atoms with Crippen LogP contribution in [0, 0.1) is 5.82 Å². The fourth-order valence-electron chi connectivity index (χ4n) is 3.93. The summed E-state index contributed by atoms with van der Waals surface area (Å²) in [5.74, 6) is -1.20. The Labute approximate surface area is 182 Å². The molecular formula is C25H28FNO4. The smallest absolute Gasteiger partial charge is 0.295 e. The lowest BCUT2D eigenvalue weighted by Gasteiger charge is -2.25. The van der Waals surface area contributed by atoms with Gasteiger partial charge in [0, 0.05) is 12.1 Å². The van der Waals surface area contributed by atoms with Gasteiger partial charge in [0.05, 0.1) is 18.2 Å². The fourth-order valence-corrected chi connectivity index (χ4v) is 3.93. The number of ketones is 1. The largest absolute Gasteiger partial charge is 0.507 e. The van der Waals surface area contributed by atoms with Gasteiger partial charge in [0.25, 0.3) is 11.7 Å². The summed E-state index contributed by atoms with van der Waals surface area (Å²) < 4.78 is 19.2. The highest BCUT2D eigenvalue weighted by Gasteiger charge is 2.45. The number of aliphatic hydroxyl groups is 1. The number of halogens is 1. The highest BCUT2D eigenvalue weighted by molar-refractivity contribution is 6.46. The first-order valence-electron chi connectivity index (χ1n) is 10.6. The van der Waals surface area contributed by atoms with Crippen molar-refractivity contribution in [1.29, 1.82) is 0 Å². The molecule has 6 heteroatoms. The van der Waals surface area contributed by atoms with Gasteiger partial charge in [0.15, 0.2) is 0 Å². The van der Waals surface area contributed by atoms with Gasteiger partial charge in [-0.1, -0.05) is 32.9 Å². The molecule has 0 radical (unpaired) electrons. The molecular weight excluding hydrogens is 397 g/mol. The zero-order valence-electron chi connectivity index (χ0n) is 18.3. The minimum absolute atomic E-state index is 0.0175. The predicted molar refractivity (Wildman–Crippen MR) is 117 cm³/mol. The molecule has 1 heterocycles. The van der Waals surface area contributed by atoms with Crippen LogP contribution in [0.3, 0.4) is 0 Å². The number of Topliss-reactive ketones (excluding diaryl/α,β-unsaturated/α-hetero) is 1. The Morgan fingerprint density at radius 3 is 2.39 bits per heavy atom. The molecule has 164 valence electrons. The molecule has 0 saturated carbocycles. The fraction of sp³-hybridized carbons (Fsp3) is 0.360. The molecule has 1 fully saturated rings. The molecule has 2 aromatic carbocycles. The number of nitrogens with zero attached hydrogens (tertiary/aromatic N) is 1. The first-order chi connectivity index (χ1) is 14.8. The van der Waals surface area contributed by atoms with Crippen LogP contribution >= 0.6 is 0 Å². The van der Waals surface area contributed by atoms with Crippen molar-refractivity contribution in [2.45, 2.75) is 46.1 Å². The van der Waals surface area contributed by atoms with E-state index in [1.54, 1.807) is 30.3 Å². The van der Waals surface area contributed by atoms with Crippen molar-refractivity contribution in [3.63, 3.8) is 0 Å². The van der Waals surface area contributed by atoms with Gasteiger partial charge in [0.2, 0.25) is 0 Å². The van der Waals surface area contributed by atoms with Gasteiger partial charge >= 0.3 is 0 Å². The van der Waals surface area contributed by atoms with E-state index in [9.17, 15) is 19.1 Å². The Kier molecular flexibility index (Phi) is 6.78. The number of aliphatic hydroxyl groups excluding tert-OH is 1. The first kappa shape index (κ1) is 22.5. The SMILES string of the molecule is CCCN1C(=O)C(=O)/C(=C(\O)c2ccc(OCC)c(C(C)C)c2)C1c1ccc(F)cc1. The third-order valence-corrected chi connectivity index (χ3v) is 5.40. The average molecular weight is 426 g/mol. The molecule has 5 nitrogen and oxygen atoms in total. The molecule has 0 spiro atoms. The lowest BCUT2D eigenvalue weighted by molar-refractivity contribution is -0.139. The molecule has 31 heavy (non-hydrogen) atoms. The highest BCUT2D eigenvalue weighted by atomic mass is 19.1. The normalized spacial score (nSPS) is 18.1. The number of carbonyl (C=O) groups excluding carboxylic acids is 2. The Morgan fingerprint density at radius 1 is 1.13 bits per heavy atom. The number of rotatable bonds is 7. The third-order valence-electron chi connectivity index (χ3n) is 5.40. The lowest BCUT2D eigenvalue weighted by Crippen LogP contribution is -2.30. The van der Waals surface area contributed by atoms with E-state index in [2.05, 4.69) is 0 Å². The molecule has 1 N–H and O–H groups in total. The van der Waals surface area contributed by atoms with Crippen molar-refractivity contribution in [2.75, 3.05) is 13.2 Å². The number of benzene rings is 2. The van der Waals surface area contributed by atoms with E-state index in [-0.39, 0.29) is 17.3 Å². The van der Waals surface area contributed by atoms with Crippen molar-refractivity contribution < 1.29 is 23.8 Å². The molecule has 0 bridgehead atoms. The van der Waals surface area contributed by atoms with Crippen LogP contribution in [-0.2, 0) is 9.59 Å². The van der Waals surface area contributed by atoms with Gasteiger partial charge in [-0.25, -0.2) is 4.39 Å². The Bertz CT molecular complexity index is 1010. The number of hydrogen-bond acceptors (Lipinski definition) is 4. The standard InChI is InChI=1S/C25H28FNO4/c1-5-13-27-22(16-7-10-18(26)11-8-16)21(24(29)25(27)30)23(28)17-9-12-20(31-6-2)19(14-17)15(3)4/h7-12,14-15,22,28H,5-6,13H2,1-4H3/b23-21-. The summed E-state index contributed by atoms with van der Waals surface area (Å²) in [7, 11) is 0. The first-order valence-corrected chi connectivity index (χ1v) is 10.6. The predicted octanol–water partition coefficient (Wildman–Crippen LogP) is 5.18. The highest BCUT2D eigenvalue weighted by Crippen LogP contribution is 2.40. The summed E-state index contributed by atoms with van der Waals surface area (Å²) in [6.45, 7) is 8.70. The maximum absolute atomic E-state index is 13.5. The van der Waals surface area contributed by atoms with E-state index in [1.807, 2.05) is 27.7 Å². The van der Waals surface area contributed by atoms with Gasteiger partial charge in [-0.05, 0) is 60.7 Å². The number of hydrogen-bond donors (Lipinski definition) is 1. The van der Waals surface area contributed by atoms with E-state index in [0.29, 0.717) is 30.7 Å². The minimum Gasteiger partial charge on any atom is -0.507 e. The molecule has 0 aliphatic carbocycles. The van der Waals surface area contributed by atoms with Crippen molar-refractivity contribution in [3.05, 3.63) is 70.5 Å². The summed E-state index contributed by atoms with van der Waals surface area (Å²) in [4.78, 5) is 27.1. The maximum atomic E-state index is 13.5. The molecule has 1 unspecified atom stereocenters. The van der Waals surface area contributed by atoms with E-state index in [0.717, 1.165) is 11.3 Å². The number of amides is 1. The van der Waals surface area contributed by atoms with Crippen LogP contribution in [0.15, 0.2) is 48.0 Å². The van der Waals surface area contributed by atoms with Crippen LogP contribution < -0.4 is 4.74 Å². The van der Waals surface area contributed by atoms with Crippen LogP contribution in [-0.4, -0.2) is 34.8 Å². The number of likely N-dealkylation sites (tertiary alicyclic amines) is 1. The second-order valence-corrected chi connectivity index (χ2v) is 7.88. The van der Waals surface area contributed by atoms with Crippen LogP contribution in [0.1, 0.15) is 62.8 Å². The summed E-state index contributed by atoms with van der Waals surface area (Å²) in [5.41, 5.74) is 1.93. The minimum atomic E-state index is -0.769. The van der Waals surface area contributed by atoms with E-state index in [4.69, 9.17) is 4.74 Å². The Balaban J connectivity index is 2.18. The van der Waals surface area contributed by atoms with Crippen molar-refractivity contribution in [3.8, 4) is 5.75 Å². The molecule has 1 amide bonds. The van der Waals surface area contributed by atoms with Crippen molar-refractivity contribution >= 4 is 17.4 Å². The van der Waals surface area contributed by atoms with Crippen LogP contribution in [0.5, 0.6) is 5.75 Å². The number of ether oxygens (including phenoxy) is 1. The van der Waals surface area contributed by atoms with Gasteiger partial charge in [-0.3, -0.25) is 9.59 Å². The zero-order chi connectivity index (χ0) is 22.7. The van der Waals surface area contributed by atoms with Gasteiger partial charge < -0.3 is 14.7 Å². The van der Waals surface area contributed by atoms with E-state index >= 15 is 0 Å². The van der Waals surface area contributed by atoms with E-state index < -0.39 is 23.5 Å². The Hall–Kier alpha value is -3.15. The third kappa shape index (κ3) is 4.33. The van der Waals surface area contributed by atoms with Crippen LogP contribution in [0.2, 0.25) is 0 Å². The monoisotopic (exact) mass is 425 g/mol. The van der Waals surface area contributed by atoms with Crippen molar-refractivity contribution in [1.82, 2.24) is 4.90 Å². The Morgan fingerprint density at radius 2 is 1.81 bits per heavy atom. The molecule has 3 rings (SSSR count). The van der Waals surface area contributed by atoms with Gasteiger partial charge in [-0.15, -0.1) is 0 Å². The summed E-state index contributed by atoms with van der Waals surface area (Å²) >= 11 is 0. The maximum Gasteiger partial charge on any atom is 0.295 e. The van der Waals surface area contributed by atoms with E-state index in [1.165, 1.54) is 17.0 Å². The van der Waals surface area contributed by atoms with Crippen LogP contribution in [0.25, 0.3) is 5.76 Å². The second-order valence-electron chi connectivity index (χ2n) is 7.88. The lowest BCUT2D eigenvalue weighted by atomic mass is 9.93. The van der Waals surface area contributed by atoms with Crippen LogP contribution in [0.4, 0.5) is 4.39 Å². The van der Waals surface area contributed by atoms with Crippen molar-refractivity contribution in [2.24, 2.45) is 0 Å². The topological polar surface area (TPSA) is 66.8 Å². The molecule has 1 aliphatic heterocycles. The summed E-state index contributed by atoms with van der Waals surface area (Å²) in [6.07, 6.45) is 0.644. The molecule has 2 aromatic rings. The quantitative estimate of drug-likeness (QED) is 0.377. The summed E-state index contributed by atoms with van der Waals surface area (Å²) in [5, 5.41) is 11.2. The zero-order valence-corrected chi connectivity index (χ0v) is 18.3. The molecule has 1 atom stereocenters. The molecule has 1 saturated heterocycles. The summed E-state index contributed by atoms with van der Waals surface area (Å²) in [6, 6.07) is 10.1. The number of carbonyl (C=O) groups is 2. The molecule has 0 aromatic heterocycles.